The van der Waals surface area contributed by atoms with Crippen LogP contribution < -0.4 is 0 Å². The number of hydrogen-bond acceptors (Lipinski definition) is 2. The second-order valence-electron chi connectivity index (χ2n) is 13.4. The van der Waals surface area contributed by atoms with E-state index in [4.69, 9.17) is 9.97 Å². The number of imidazole rings is 2. The Hall–Kier alpha value is -7.30. The number of rotatable bonds is 7. The van der Waals surface area contributed by atoms with Gasteiger partial charge in [-0.1, -0.05) is 170 Å². The molecule has 0 aliphatic heterocycles. The van der Waals surface area contributed by atoms with Crippen LogP contribution in [0.3, 0.4) is 0 Å². The molecule has 10 aromatic rings. The van der Waals surface area contributed by atoms with E-state index in [1.165, 1.54) is 11.1 Å². The van der Waals surface area contributed by atoms with E-state index in [9.17, 15) is 0 Å². The van der Waals surface area contributed by atoms with Gasteiger partial charge in [0.2, 0.25) is 0 Å². The highest BCUT2D eigenvalue weighted by Gasteiger charge is 2.19. The summed E-state index contributed by atoms with van der Waals surface area (Å²) < 4.78 is 4.59. The van der Waals surface area contributed by atoms with Crippen LogP contribution in [-0.2, 0) is 0 Å². The first kappa shape index (κ1) is 31.4. The van der Waals surface area contributed by atoms with Crippen molar-refractivity contribution in [2.45, 2.75) is 0 Å². The van der Waals surface area contributed by atoms with Gasteiger partial charge in [-0.3, -0.25) is 9.13 Å². The van der Waals surface area contributed by atoms with Gasteiger partial charge in [-0.25, -0.2) is 9.97 Å². The average Bonchev–Trinajstić information content (AvgIpc) is 3.84. The van der Waals surface area contributed by atoms with E-state index in [0.29, 0.717) is 0 Å². The third-order valence-corrected chi connectivity index (χ3v) is 10.2. The van der Waals surface area contributed by atoms with Gasteiger partial charge >= 0.3 is 0 Å². The van der Waals surface area contributed by atoms with Crippen molar-refractivity contribution >= 4 is 22.1 Å². The fraction of sp³-hybridized carbons (Fsp3) is 0. The largest absolute Gasteiger partial charge is 0.292 e. The van der Waals surface area contributed by atoms with Gasteiger partial charge in [-0.2, -0.15) is 0 Å². The van der Waals surface area contributed by atoms with Crippen molar-refractivity contribution in [3.05, 3.63) is 206 Å². The molecule has 8 aromatic carbocycles. The smallest absolute Gasteiger partial charge is 0.145 e. The number of hydrogen-bond donors (Lipinski definition) is 0. The van der Waals surface area contributed by atoms with Crippen LogP contribution in [-0.4, -0.2) is 19.1 Å². The Morgan fingerprint density at radius 2 is 0.593 bits per heavy atom. The Kier molecular flexibility index (Phi) is 7.77. The first-order valence-electron chi connectivity index (χ1n) is 18.3. The van der Waals surface area contributed by atoms with Crippen molar-refractivity contribution < 1.29 is 0 Å². The first-order valence-corrected chi connectivity index (χ1v) is 18.3. The van der Waals surface area contributed by atoms with E-state index in [2.05, 4.69) is 215 Å². The average molecular weight is 691 g/mol. The van der Waals surface area contributed by atoms with Crippen LogP contribution in [0.4, 0.5) is 0 Å². The molecule has 0 aliphatic carbocycles. The van der Waals surface area contributed by atoms with E-state index < -0.39 is 0 Å². The fourth-order valence-electron chi connectivity index (χ4n) is 7.61. The van der Waals surface area contributed by atoms with Gasteiger partial charge in [0, 0.05) is 22.3 Å². The lowest BCUT2D eigenvalue weighted by Crippen LogP contribution is -2.00. The highest BCUT2D eigenvalue weighted by Crippen LogP contribution is 2.37. The van der Waals surface area contributed by atoms with Gasteiger partial charge < -0.3 is 0 Å². The minimum atomic E-state index is 0.913. The number of para-hydroxylation sites is 6. The number of nitrogens with zero attached hydrogens (tertiary/aromatic N) is 4. The maximum absolute atomic E-state index is 5.17. The van der Waals surface area contributed by atoms with Crippen LogP contribution in [0, 0.1) is 0 Å². The lowest BCUT2D eigenvalue weighted by molar-refractivity contribution is 1.10. The normalized spacial score (nSPS) is 11.3. The van der Waals surface area contributed by atoms with Gasteiger partial charge in [0.15, 0.2) is 0 Å². The third kappa shape index (κ3) is 5.49. The van der Waals surface area contributed by atoms with Crippen LogP contribution in [0.15, 0.2) is 206 Å². The number of aromatic nitrogens is 4. The summed E-state index contributed by atoms with van der Waals surface area (Å²) in [6.07, 6.45) is 0. The van der Waals surface area contributed by atoms with Gasteiger partial charge in [-0.15, -0.1) is 0 Å². The van der Waals surface area contributed by atoms with Crippen molar-refractivity contribution in [2.75, 3.05) is 0 Å². The van der Waals surface area contributed by atoms with Crippen molar-refractivity contribution in [1.29, 1.82) is 0 Å². The van der Waals surface area contributed by atoms with E-state index in [1.807, 2.05) is 0 Å². The molecule has 0 fully saturated rings. The van der Waals surface area contributed by atoms with E-state index >= 15 is 0 Å². The number of benzene rings is 8. The van der Waals surface area contributed by atoms with Crippen LogP contribution in [0.5, 0.6) is 0 Å². The lowest BCUT2D eigenvalue weighted by atomic mass is 10.0. The molecule has 4 nitrogen and oxygen atoms in total. The minimum absolute atomic E-state index is 0.913. The predicted octanol–water partition coefficient (Wildman–Crippen LogP) is 12.7. The Bertz CT molecular complexity index is 2700. The topological polar surface area (TPSA) is 35.6 Å². The molecule has 0 spiro atoms. The van der Waals surface area contributed by atoms with Gasteiger partial charge in [0.25, 0.3) is 0 Å². The molecule has 0 saturated carbocycles. The van der Waals surface area contributed by atoms with Gasteiger partial charge in [-0.05, 0) is 58.7 Å². The molecule has 254 valence electrons. The zero-order chi connectivity index (χ0) is 35.8. The van der Waals surface area contributed by atoms with Crippen LogP contribution in [0.2, 0.25) is 0 Å². The monoisotopic (exact) mass is 690 g/mol. The Morgan fingerprint density at radius 1 is 0.259 bits per heavy atom. The van der Waals surface area contributed by atoms with E-state index in [-0.39, 0.29) is 0 Å². The molecule has 0 unspecified atom stereocenters. The molecule has 0 N–H and O–H groups in total. The molecule has 0 radical (unpaired) electrons. The Balaban J connectivity index is 1.03. The standard InChI is InChI=1S/C50H34N4/c1-3-15-37(16-4-1)41-19-7-11-23-45(41)53-47-25-13-9-21-43(47)51-49(53)39-31-27-35(28-32-39)36-29-33-40(34-30-36)50-52-44-22-10-14-26-48(44)54(50)46-24-12-8-20-42(46)38-17-5-2-6-18-38/h1-34H. The molecule has 0 aliphatic rings. The van der Waals surface area contributed by atoms with E-state index in [1.54, 1.807) is 0 Å². The van der Waals surface area contributed by atoms with Crippen LogP contribution >= 0.6 is 0 Å². The molecule has 2 heterocycles. The summed E-state index contributed by atoms with van der Waals surface area (Å²) in [7, 11) is 0. The Morgan fingerprint density at radius 3 is 1.02 bits per heavy atom. The highest BCUT2D eigenvalue weighted by molar-refractivity contribution is 5.88. The molecule has 10 rings (SSSR count). The van der Waals surface area contributed by atoms with Crippen molar-refractivity contribution in [3.63, 3.8) is 0 Å². The highest BCUT2D eigenvalue weighted by atomic mass is 15.1. The second kappa shape index (κ2) is 13.4. The zero-order valence-corrected chi connectivity index (χ0v) is 29.4. The minimum Gasteiger partial charge on any atom is -0.292 e. The number of fused-ring (bicyclic) bond motifs is 2. The molecule has 0 atom stereocenters. The van der Waals surface area contributed by atoms with E-state index in [0.717, 1.165) is 78.5 Å². The maximum atomic E-state index is 5.17. The van der Waals surface area contributed by atoms with Crippen molar-refractivity contribution in [2.24, 2.45) is 0 Å². The molecular formula is C50H34N4. The summed E-state index contributed by atoms with van der Waals surface area (Å²) in [5.74, 6) is 1.83. The van der Waals surface area contributed by atoms with Crippen LogP contribution in [0.1, 0.15) is 0 Å². The second-order valence-corrected chi connectivity index (χ2v) is 13.4. The summed E-state index contributed by atoms with van der Waals surface area (Å²) >= 11 is 0. The zero-order valence-electron chi connectivity index (χ0n) is 29.4. The molecule has 2 aromatic heterocycles. The SMILES string of the molecule is c1ccc(-c2ccccc2-n2c(-c3ccc(-c4ccc(-c5nc6ccccc6n5-c5ccccc5-c5ccccc5)cc4)cc3)nc3ccccc32)cc1. The molecule has 54 heavy (non-hydrogen) atoms. The molecule has 0 amide bonds. The summed E-state index contributed by atoms with van der Waals surface area (Å²) in [6, 6.07) is 72.6. The third-order valence-electron chi connectivity index (χ3n) is 10.2. The van der Waals surface area contributed by atoms with Gasteiger partial charge in [0.05, 0.1) is 33.4 Å². The maximum Gasteiger partial charge on any atom is 0.145 e. The lowest BCUT2D eigenvalue weighted by Gasteiger charge is -2.15. The van der Waals surface area contributed by atoms with Crippen molar-refractivity contribution in [3.8, 4) is 67.5 Å². The van der Waals surface area contributed by atoms with Crippen LogP contribution in [0.25, 0.3) is 89.6 Å². The molecule has 0 bridgehead atoms. The molecular weight excluding hydrogens is 657 g/mol. The summed E-state index contributed by atoms with van der Waals surface area (Å²) in [5.41, 5.74) is 15.3. The fourth-order valence-corrected chi connectivity index (χ4v) is 7.61. The quantitative estimate of drug-likeness (QED) is 0.167. The Labute approximate surface area is 313 Å². The van der Waals surface area contributed by atoms with Crippen molar-refractivity contribution in [1.82, 2.24) is 19.1 Å². The summed E-state index contributed by atoms with van der Waals surface area (Å²) in [5, 5.41) is 0. The first-order chi connectivity index (χ1) is 26.8. The van der Waals surface area contributed by atoms with Gasteiger partial charge in [0.1, 0.15) is 11.6 Å². The molecule has 4 heteroatoms. The predicted molar refractivity (Wildman–Crippen MR) is 223 cm³/mol. The summed E-state index contributed by atoms with van der Waals surface area (Å²) in [4.78, 5) is 10.3. The summed E-state index contributed by atoms with van der Waals surface area (Å²) in [6.45, 7) is 0. The molecule has 0 saturated heterocycles.